The molecule has 7 heteroatoms. The molecule has 1 amide bonds. The van der Waals surface area contributed by atoms with Crippen LogP contribution in [0.5, 0.6) is 0 Å². The molecule has 0 spiro atoms. The molecule has 0 aliphatic carbocycles. The molecule has 0 bridgehead atoms. The Morgan fingerprint density at radius 1 is 1.25 bits per heavy atom. The van der Waals surface area contributed by atoms with Crippen molar-refractivity contribution in [1.82, 2.24) is 4.31 Å². The number of carbonyl (C=O) groups excluding carboxylic acids is 1. The molecule has 1 aromatic rings. The highest BCUT2D eigenvalue weighted by molar-refractivity contribution is 7.89. The number of sulfonamides is 1. The van der Waals surface area contributed by atoms with Crippen molar-refractivity contribution >= 4 is 21.6 Å². The Bertz CT molecular complexity index is 680. The van der Waals surface area contributed by atoms with E-state index in [1.807, 2.05) is 6.92 Å². The lowest BCUT2D eigenvalue weighted by Gasteiger charge is -2.24. The summed E-state index contributed by atoms with van der Waals surface area (Å²) >= 11 is 0. The molecule has 24 heavy (non-hydrogen) atoms. The summed E-state index contributed by atoms with van der Waals surface area (Å²) in [4.78, 5) is 12.5. The lowest BCUT2D eigenvalue weighted by atomic mass is 9.96. The first-order valence-corrected chi connectivity index (χ1v) is 9.75. The monoisotopic (exact) mass is 355 g/mol. The summed E-state index contributed by atoms with van der Waals surface area (Å²) in [5.74, 6) is -0.320. The third-order valence-electron chi connectivity index (χ3n) is 4.06. The summed E-state index contributed by atoms with van der Waals surface area (Å²) in [6.07, 6.45) is 1.34. The van der Waals surface area contributed by atoms with Crippen molar-refractivity contribution in [2.24, 2.45) is 5.73 Å². The number of benzene rings is 1. The van der Waals surface area contributed by atoms with E-state index in [0.717, 1.165) is 6.42 Å². The molecule has 0 saturated carbocycles. The van der Waals surface area contributed by atoms with Crippen LogP contribution in [0.2, 0.25) is 0 Å². The van der Waals surface area contributed by atoms with Crippen LogP contribution in [-0.4, -0.2) is 37.3 Å². The molecule has 0 fully saturated rings. The minimum absolute atomic E-state index is 0.207. The maximum absolute atomic E-state index is 12.7. The SMILES string of the molecule is CCCC(C)(N)C(=O)Nc1ccc(C)c(S(=O)(=O)N(CC)CC)c1. The van der Waals surface area contributed by atoms with Gasteiger partial charge in [-0.25, -0.2) is 8.42 Å². The Labute approximate surface area is 145 Å². The smallest absolute Gasteiger partial charge is 0.244 e. The summed E-state index contributed by atoms with van der Waals surface area (Å²) in [6.45, 7) is 9.76. The molecule has 0 aliphatic rings. The minimum Gasteiger partial charge on any atom is -0.324 e. The quantitative estimate of drug-likeness (QED) is 0.749. The lowest BCUT2D eigenvalue weighted by molar-refractivity contribution is -0.120. The van der Waals surface area contributed by atoms with Crippen molar-refractivity contribution in [3.05, 3.63) is 23.8 Å². The Kier molecular flexibility index (Phi) is 6.95. The molecule has 0 heterocycles. The number of hydrogen-bond acceptors (Lipinski definition) is 4. The minimum atomic E-state index is -3.59. The third-order valence-corrected chi connectivity index (χ3v) is 6.25. The fraction of sp³-hybridized carbons (Fsp3) is 0.588. The molecule has 0 radical (unpaired) electrons. The van der Waals surface area contributed by atoms with Crippen LogP contribution in [0.25, 0.3) is 0 Å². The van der Waals surface area contributed by atoms with Gasteiger partial charge in [0.05, 0.1) is 10.4 Å². The Hall–Kier alpha value is -1.44. The van der Waals surface area contributed by atoms with Crippen molar-refractivity contribution in [2.75, 3.05) is 18.4 Å². The third kappa shape index (κ3) is 4.55. The molecule has 1 atom stereocenters. The van der Waals surface area contributed by atoms with Crippen molar-refractivity contribution in [3.8, 4) is 0 Å². The molecule has 136 valence electrons. The predicted molar refractivity (Wildman–Crippen MR) is 97.4 cm³/mol. The predicted octanol–water partition coefficient (Wildman–Crippen LogP) is 2.48. The summed E-state index contributed by atoms with van der Waals surface area (Å²) in [5, 5.41) is 2.73. The molecular formula is C17H29N3O3S. The van der Waals surface area contributed by atoms with Crippen LogP contribution in [0.15, 0.2) is 23.1 Å². The van der Waals surface area contributed by atoms with Gasteiger partial charge in [-0.3, -0.25) is 4.79 Å². The van der Waals surface area contributed by atoms with Crippen molar-refractivity contribution in [2.45, 2.75) is 57.9 Å². The number of carbonyl (C=O) groups is 1. The molecule has 1 rings (SSSR count). The molecule has 0 saturated heterocycles. The second-order valence-electron chi connectivity index (χ2n) is 6.19. The van der Waals surface area contributed by atoms with Gasteiger partial charge in [0, 0.05) is 18.8 Å². The van der Waals surface area contributed by atoms with Crippen molar-refractivity contribution < 1.29 is 13.2 Å². The highest BCUT2D eigenvalue weighted by Crippen LogP contribution is 2.24. The van der Waals surface area contributed by atoms with Crippen LogP contribution in [-0.2, 0) is 14.8 Å². The van der Waals surface area contributed by atoms with Gasteiger partial charge >= 0.3 is 0 Å². The average molecular weight is 356 g/mol. The topological polar surface area (TPSA) is 92.5 Å². The highest BCUT2D eigenvalue weighted by atomic mass is 32.2. The summed E-state index contributed by atoms with van der Waals surface area (Å²) < 4.78 is 26.9. The largest absolute Gasteiger partial charge is 0.324 e. The highest BCUT2D eigenvalue weighted by Gasteiger charge is 2.28. The normalized spacial score (nSPS) is 14.5. The lowest BCUT2D eigenvalue weighted by Crippen LogP contribution is -2.48. The molecular weight excluding hydrogens is 326 g/mol. The number of amides is 1. The van der Waals surface area contributed by atoms with Crippen LogP contribution < -0.4 is 11.1 Å². The summed E-state index contributed by atoms with van der Waals surface area (Å²) in [6, 6.07) is 4.89. The number of hydrogen-bond donors (Lipinski definition) is 2. The zero-order chi connectivity index (χ0) is 18.5. The fourth-order valence-electron chi connectivity index (χ4n) is 2.57. The number of rotatable bonds is 8. The number of anilines is 1. The molecule has 0 aliphatic heterocycles. The van der Waals surface area contributed by atoms with E-state index in [0.29, 0.717) is 30.8 Å². The van der Waals surface area contributed by atoms with Crippen molar-refractivity contribution in [3.63, 3.8) is 0 Å². The van der Waals surface area contributed by atoms with Gasteiger partial charge in [-0.2, -0.15) is 4.31 Å². The van der Waals surface area contributed by atoms with E-state index in [2.05, 4.69) is 5.32 Å². The Morgan fingerprint density at radius 2 is 1.83 bits per heavy atom. The first-order valence-electron chi connectivity index (χ1n) is 8.31. The fourth-order valence-corrected chi connectivity index (χ4v) is 4.27. The van der Waals surface area contributed by atoms with Gasteiger partial charge in [0.2, 0.25) is 15.9 Å². The molecule has 0 aromatic heterocycles. The first-order chi connectivity index (χ1) is 11.1. The van der Waals surface area contributed by atoms with Gasteiger partial charge in [0.25, 0.3) is 0 Å². The van der Waals surface area contributed by atoms with Crippen LogP contribution in [0, 0.1) is 6.92 Å². The van der Waals surface area contributed by atoms with E-state index in [-0.39, 0.29) is 10.8 Å². The molecule has 3 N–H and O–H groups in total. The summed E-state index contributed by atoms with van der Waals surface area (Å²) in [7, 11) is -3.59. The van der Waals surface area contributed by atoms with Crippen molar-refractivity contribution in [1.29, 1.82) is 0 Å². The number of nitrogens with zero attached hydrogens (tertiary/aromatic N) is 1. The van der Waals surface area contributed by atoms with Crippen LogP contribution in [0.1, 0.15) is 46.1 Å². The van der Waals surface area contributed by atoms with E-state index < -0.39 is 15.6 Å². The van der Waals surface area contributed by atoms with Crippen LogP contribution >= 0.6 is 0 Å². The number of aryl methyl sites for hydroxylation is 1. The second-order valence-corrected chi connectivity index (χ2v) is 8.10. The van der Waals surface area contributed by atoms with Gasteiger partial charge in [-0.15, -0.1) is 0 Å². The van der Waals surface area contributed by atoms with E-state index >= 15 is 0 Å². The van der Waals surface area contributed by atoms with Gasteiger partial charge in [0.15, 0.2) is 0 Å². The van der Waals surface area contributed by atoms with E-state index in [4.69, 9.17) is 5.73 Å². The molecule has 6 nitrogen and oxygen atoms in total. The Balaban J connectivity index is 3.18. The number of nitrogens with two attached hydrogens (primary N) is 1. The number of nitrogens with one attached hydrogen (secondary N) is 1. The zero-order valence-electron chi connectivity index (χ0n) is 15.2. The van der Waals surface area contributed by atoms with Gasteiger partial charge in [0.1, 0.15) is 0 Å². The van der Waals surface area contributed by atoms with Gasteiger partial charge in [-0.1, -0.05) is 33.3 Å². The van der Waals surface area contributed by atoms with Crippen LogP contribution in [0.4, 0.5) is 5.69 Å². The van der Waals surface area contributed by atoms with Gasteiger partial charge < -0.3 is 11.1 Å². The average Bonchev–Trinajstić information content (AvgIpc) is 2.49. The van der Waals surface area contributed by atoms with E-state index in [9.17, 15) is 13.2 Å². The maximum atomic E-state index is 12.7. The van der Waals surface area contributed by atoms with E-state index in [1.165, 1.54) is 10.4 Å². The standard InChI is InChI=1S/C17H29N3O3S/c1-6-11-17(5,18)16(21)19-14-10-9-13(4)15(12-14)24(22,23)20(7-2)8-3/h9-10,12H,6-8,11,18H2,1-5H3,(H,19,21). The zero-order valence-corrected chi connectivity index (χ0v) is 16.0. The molecule has 1 aromatic carbocycles. The van der Waals surface area contributed by atoms with Crippen LogP contribution in [0.3, 0.4) is 0 Å². The maximum Gasteiger partial charge on any atom is 0.244 e. The molecule has 1 unspecified atom stereocenters. The Morgan fingerprint density at radius 3 is 2.33 bits per heavy atom. The second kappa shape index (κ2) is 8.09. The van der Waals surface area contributed by atoms with Gasteiger partial charge in [-0.05, 0) is 38.0 Å². The summed E-state index contributed by atoms with van der Waals surface area (Å²) in [5.41, 5.74) is 6.11. The first kappa shape index (κ1) is 20.6. The van der Waals surface area contributed by atoms with E-state index in [1.54, 1.807) is 39.8 Å².